The van der Waals surface area contributed by atoms with Gasteiger partial charge in [-0.15, -0.1) is 0 Å². The van der Waals surface area contributed by atoms with E-state index in [-0.39, 0.29) is 18.8 Å². The van der Waals surface area contributed by atoms with E-state index in [2.05, 4.69) is 15.0 Å². The number of pyridine rings is 1. The van der Waals surface area contributed by atoms with E-state index >= 15 is 0 Å². The molecule has 1 aromatic carbocycles. The molecule has 0 N–H and O–H groups in total. The van der Waals surface area contributed by atoms with Crippen LogP contribution in [0.1, 0.15) is 34.8 Å². The lowest BCUT2D eigenvalue weighted by Crippen LogP contribution is -2.25. The molecule has 0 saturated heterocycles. The van der Waals surface area contributed by atoms with Gasteiger partial charge in [0.05, 0.1) is 30.3 Å². The minimum Gasteiger partial charge on any atom is -0.489 e. The molecule has 3 aromatic rings. The van der Waals surface area contributed by atoms with Crippen LogP contribution in [0.25, 0.3) is 0 Å². The fourth-order valence-corrected chi connectivity index (χ4v) is 4.03. The molecule has 0 unspecified atom stereocenters. The SMILES string of the molecule is Cc1ncc(OC[C@@]2(c3cccc(C(F)(F)F)c3)C[C@H]2C(=O)Cc2ccc(F)cn2)c(C)n1. The Morgan fingerprint density at radius 2 is 1.94 bits per heavy atom. The first-order valence-electron chi connectivity index (χ1n) is 10.3. The van der Waals surface area contributed by atoms with Gasteiger partial charge in [0, 0.05) is 23.4 Å². The molecule has 4 rings (SSSR count). The van der Waals surface area contributed by atoms with Crippen LogP contribution >= 0.6 is 0 Å². The zero-order chi connectivity index (χ0) is 23.8. The first-order chi connectivity index (χ1) is 15.6. The molecule has 0 bridgehead atoms. The lowest BCUT2D eigenvalue weighted by atomic mass is 9.90. The molecule has 1 aliphatic rings. The second kappa shape index (κ2) is 8.53. The van der Waals surface area contributed by atoms with Crippen LogP contribution in [0.15, 0.2) is 48.8 Å². The molecule has 0 aliphatic heterocycles. The highest BCUT2D eigenvalue weighted by atomic mass is 19.4. The van der Waals surface area contributed by atoms with Gasteiger partial charge in [0.15, 0.2) is 5.75 Å². The van der Waals surface area contributed by atoms with E-state index in [0.29, 0.717) is 34.9 Å². The summed E-state index contributed by atoms with van der Waals surface area (Å²) in [6.07, 6.45) is -1.68. The van der Waals surface area contributed by atoms with Gasteiger partial charge in [-0.25, -0.2) is 14.4 Å². The van der Waals surface area contributed by atoms with Gasteiger partial charge < -0.3 is 4.74 Å². The summed E-state index contributed by atoms with van der Waals surface area (Å²) in [5.74, 6) is -0.282. The lowest BCUT2D eigenvalue weighted by Gasteiger charge is -2.20. The number of aryl methyl sites for hydroxylation is 2. The monoisotopic (exact) mass is 459 g/mol. The number of ketones is 1. The summed E-state index contributed by atoms with van der Waals surface area (Å²) < 4.78 is 59.1. The second-order valence-electron chi connectivity index (χ2n) is 8.26. The third-order valence-electron chi connectivity index (χ3n) is 5.91. The number of carbonyl (C=O) groups is 1. The lowest BCUT2D eigenvalue weighted by molar-refractivity contribution is -0.137. The Labute approximate surface area is 187 Å². The van der Waals surface area contributed by atoms with Gasteiger partial charge in [-0.1, -0.05) is 18.2 Å². The number of benzene rings is 1. The van der Waals surface area contributed by atoms with Gasteiger partial charge in [-0.3, -0.25) is 9.78 Å². The first-order valence-corrected chi connectivity index (χ1v) is 10.3. The summed E-state index contributed by atoms with van der Waals surface area (Å²) in [6, 6.07) is 7.63. The van der Waals surface area contributed by atoms with Crippen molar-refractivity contribution in [2.75, 3.05) is 6.61 Å². The van der Waals surface area contributed by atoms with E-state index in [9.17, 15) is 22.4 Å². The molecular weight excluding hydrogens is 438 g/mol. The van der Waals surface area contributed by atoms with Gasteiger partial charge >= 0.3 is 6.18 Å². The zero-order valence-corrected chi connectivity index (χ0v) is 18.0. The Kier molecular flexibility index (Phi) is 5.90. The van der Waals surface area contributed by atoms with Gasteiger partial charge in [0.25, 0.3) is 0 Å². The van der Waals surface area contributed by atoms with Gasteiger partial charge in [-0.2, -0.15) is 13.2 Å². The summed E-state index contributed by atoms with van der Waals surface area (Å²) in [5.41, 5.74) is -0.327. The average molecular weight is 459 g/mol. The number of hydrogen-bond donors (Lipinski definition) is 0. The summed E-state index contributed by atoms with van der Waals surface area (Å²) >= 11 is 0. The normalized spacial score (nSPS) is 19.9. The molecule has 33 heavy (non-hydrogen) atoms. The van der Waals surface area contributed by atoms with E-state index in [4.69, 9.17) is 4.74 Å². The summed E-state index contributed by atoms with van der Waals surface area (Å²) in [4.78, 5) is 25.3. The molecule has 1 fully saturated rings. The Bertz CT molecular complexity index is 1180. The first kappa shape index (κ1) is 22.8. The quantitative estimate of drug-likeness (QED) is 0.475. The van der Waals surface area contributed by atoms with E-state index < -0.39 is 28.9 Å². The largest absolute Gasteiger partial charge is 0.489 e. The van der Waals surface area contributed by atoms with Crippen molar-refractivity contribution in [3.63, 3.8) is 0 Å². The molecule has 2 atom stereocenters. The number of nitrogens with zero attached hydrogens (tertiary/aromatic N) is 3. The fraction of sp³-hybridized carbons (Fsp3) is 0.333. The summed E-state index contributed by atoms with van der Waals surface area (Å²) in [6.45, 7) is 3.48. The minimum absolute atomic E-state index is 0.00513. The van der Waals surface area contributed by atoms with Crippen molar-refractivity contribution in [1.82, 2.24) is 15.0 Å². The number of ether oxygens (including phenoxy) is 1. The van der Waals surface area contributed by atoms with Gasteiger partial charge in [0.2, 0.25) is 0 Å². The molecule has 0 spiro atoms. The van der Waals surface area contributed by atoms with Crippen LogP contribution in [0.3, 0.4) is 0 Å². The molecule has 5 nitrogen and oxygen atoms in total. The predicted molar refractivity (Wildman–Crippen MR) is 111 cm³/mol. The van der Waals surface area contributed by atoms with Crippen molar-refractivity contribution in [2.24, 2.45) is 5.92 Å². The van der Waals surface area contributed by atoms with Crippen molar-refractivity contribution >= 4 is 5.78 Å². The van der Waals surface area contributed by atoms with Gasteiger partial charge in [-0.05, 0) is 44.0 Å². The fourth-order valence-electron chi connectivity index (χ4n) is 4.03. The Hall–Kier alpha value is -3.36. The van der Waals surface area contributed by atoms with Crippen molar-refractivity contribution in [2.45, 2.75) is 38.3 Å². The number of Topliss-reactive ketones (excluding diaryl/α,β-unsaturated/α-hetero) is 1. The van der Waals surface area contributed by atoms with E-state index in [1.807, 2.05) is 0 Å². The molecule has 1 aliphatic carbocycles. The smallest absolute Gasteiger partial charge is 0.416 e. The second-order valence-corrected chi connectivity index (χ2v) is 8.26. The molecule has 172 valence electrons. The molecular formula is C24H21F4N3O2. The predicted octanol–water partition coefficient (Wildman–Crippen LogP) is 4.79. The minimum atomic E-state index is -4.51. The summed E-state index contributed by atoms with van der Waals surface area (Å²) in [7, 11) is 0. The van der Waals surface area contributed by atoms with Crippen LogP contribution in [0.2, 0.25) is 0 Å². The topological polar surface area (TPSA) is 65.0 Å². The van der Waals surface area contributed by atoms with E-state index in [0.717, 1.165) is 18.3 Å². The van der Waals surface area contributed by atoms with Crippen molar-refractivity contribution in [3.8, 4) is 5.75 Å². The van der Waals surface area contributed by atoms with E-state index in [1.54, 1.807) is 19.9 Å². The highest BCUT2D eigenvalue weighted by Crippen LogP contribution is 2.56. The highest BCUT2D eigenvalue weighted by Gasteiger charge is 2.59. The van der Waals surface area contributed by atoms with Crippen LogP contribution in [-0.4, -0.2) is 27.3 Å². The molecule has 2 aromatic heterocycles. The number of rotatable bonds is 7. The van der Waals surface area contributed by atoms with Crippen LogP contribution in [0, 0.1) is 25.6 Å². The Balaban J connectivity index is 1.62. The summed E-state index contributed by atoms with van der Waals surface area (Å²) in [5, 5.41) is 0. The number of carbonyl (C=O) groups excluding carboxylic acids is 1. The van der Waals surface area contributed by atoms with Crippen LogP contribution in [0.5, 0.6) is 5.75 Å². The average Bonchev–Trinajstić information content (AvgIpc) is 3.50. The zero-order valence-electron chi connectivity index (χ0n) is 18.0. The van der Waals surface area contributed by atoms with Crippen molar-refractivity contribution < 1.29 is 27.1 Å². The Morgan fingerprint density at radius 3 is 2.61 bits per heavy atom. The molecule has 0 amide bonds. The third-order valence-corrected chi connectivity index (χ3v) is 5.91. The van der Waals surface area contributed by atoms with Crippen LogP contribution < -0.4 is 4.74 Å². The number of aromatic nitrogens is 3. The Morgan fingerprint density at radius 1 is 1.15 bits per heavy atom. The third kappa shape index (κ3) is 4.86. The van der Waals surface area contributed by atoms with E-state index in [1.165, 1.54) is 24.4 Å². The molecule has 2 heterocycles. The number of halogens is 4. The maximum Gasteiger partial charge on any atom is 0.416 e. The van der Waals surface area contributed by atoms with Crippen molar-refractivity contribution in [1.29, 1.82) is 0 Å². The highest BCUT2D eigenvalue weighted by molar-refractivity contribution is 5.88. The maximum absolute atomic E-state index is 13.3. The molecule has 9 heteroatoms. The van der Waals surface area contributed by atoms with Gasteiger partial charge in [0.1, 0.15) is 17.4 Å². The molecule has 0 radical (unpaired) electrons. The standard InChI is InChI=1S/C24H21F4N3O2/c1-14-22(12-29-15(2)31-14)33-13-23(16-4-3-5-17(8-16)24(26,27)28)10-20(23)21(32)9-19-7-6-18(25)11-30-19/h3-8,11-12,20H,9-10,13H2,1-2H3/t20-,23+/m0/s1. The van der Waals surface area contributed by atoms with Crippen molar-refractivity contribution in [3.05, 3.63) is 82.9 Å². The van der Waals surface area contributed by atoms with Crippen LogP contribution in [-0.2, 0) is 22.8 Å². The van der Waals surface area contributed by atoms with Crippen LogP contribution in [0.4, 0.5) is 17.6 Å². The number of alkyl halides is 3. The number of hydrogen-bond acceptors (Lipinski definition) is 5. The maximum atomic E-state index is 13.3. The molecule has 1 saturated carbocycles.